The number of nitrogens with one attached hydrogen (secondary N) is 3. The number of fused-ring (bicyclic) bond motifs is 1. The van der Waals surface area contributed by atoms with Crippen LogP contribution in [-0.4, -0.2) is 39.1 Å². The van der Waals surface area contributed by atoms with E-state index in [4.69, 9.17) is 4.74 Å². The molecule has 3 rings (SSSR count). The third-order valence-corrected chi connectivity index (χ3v) is 4.31. The SMILES string of the molecule is COc1cccc(NC(=O)C[NH+](C)CC(=O)Nc2ccc3ccccc3c2)c1. The third kappa shape index (κ3) is 5.31. The van der Waals surface area contributed by atoms with Gasteiger partial charge in [-0.25, -0.2) is 0 Å². The van der Waals surface area contributed by atoms with E-state index in [1.165, 1.54) is 0 Å². The van der Waals surface area contributed by atoms with Crippen molar-refractivity contribution in [3.8, 4) is 5.75 Å². The number of ether oxygens (including phenoxy) is 1. The van der Waals surface area contributed by atoms with Crippen molar-refractivity contribution in [1.82, 2.24) is 0 Å². The number of hydrogen-bond donors (Lipinski definition) is 3. The highest BCUT2D eigenvalue weighted by Gasteiger charge is 2.15. The van der Waals surface area contributed by atoms with Crippen molar-refractivity contribution in [1.29, 1.82) is 0 Å². The number of methoxy groups -OCH3 is 1. The van der Waals surface area contributed by atoms with Gasteiger partial charge in [-0.3, -0.25) is 9.59 Å². The number of likely N-dealkylation sites (N-methyl/N-ethyl adjacent to an activating group) is 1. The van der Waals surface area contributed by atoms with Gasteiger partial charge in [-0.05, 0) is 35.0 Å². The number of quaternary nitrogens is 1. The number of carbonyl (C=O) groups is 2. The molecule has 0 heterocycles. The summed E-state index contributed by atoms with van der Waals surface area (Å²) in [5.41, 5.74) is 1.41. The maximum atomic E-state index is 12.3. The normalized spacial score (nSPS) is 11.6. The molecular weight excluding hydrogens is 354 g/mol. The van der Waals surface area contributed by atoms with Crippen molar-refractivity contribution in [3.63, 3.8) is 0 Å². The number of anilines is 2. The Kier molecular flexibility index (Phi) is 6.24. The molecule has 28 heavy (non-hydrogen) atoms. The number of amides is 2. The summed E-state index contributed by atoms with van der Waals surface area (Å²) in [6, 6.07) is 20.9. The van der Waals surface area contributed by atoms with E-state index >= 15 is 0 Å². The summed E-state index contributed by atoms with van der Waals surface area (Å²) >= 11 is 0. The zero-order chi connectivity index (χ0) is 19.9. The van der Waals surface area contributed by atoms with Crippen molar-refractivity contribution < 1.29 is 19.2 Å². The summed E-state index contributed by atoms with van der Waals surface area (Å²) in [4.78, 5) is 25.3. The van der Waals surface area contributed by atoms with E-state index in [9.17, 15) is 9.59 Å². The molecule has 0 aromatic heterocycles. The molecule has 0 aliphatic heterocycles. The molecular formula is C22H24N3O3+. The van der Waals surface area contributed by atoms with Gasteiger partial charge in [0.05, 0.1) is 14.2 Å². The molecule has 0 saturated carbocycles. The number of hydrogen-bond acceptors (Lipinski definition) is 3. The smallest absolute Gasteiger partial charge is 0.279 e. The number of benzene rings is 3. The maximum absolute atomic E-state index is 12.3. The topological polar surface area (TPSA) is 71.9 Å². The van der Waals surface area contributed by atoms with E-state index in [0.717, 1.165) is 21.4 Å². The van der Waals surface area contributed by atoms with E-state index in [-0.39, 0.29) is 24.9 Å². The lowest BCUT2D eigenvalue weighted by Crippen LogP contribution is -3.11. The molecule has 0 aliphatic carbocycles. The molecule has 0 fully saturated rings. The molecule has 0 spiro atoms. The largest absolute Gasteiger partial charge is 0.497 e. The molecule has 2 amide bonds. The minimum atomic E-state index is -0.163. The van der Waals surface area contributed by atoms with Crippen LogP contribution in [0.5, 0.6) is 5.75 Å². The molecule has 0 aliphatic rings. The molecule has 6 heteroatoms. The highest BCUT2D eigenvalue weighted by molar-refractivity contribution is 5.95. The molecule has 3 N–H and O–H groups in total. The minimum Gasteiger partial charge on any atom is -0.497 e. The Bertz CT molecular complexity index is 987. The Morgan fingerprint density at radius 3 is 2.14 bits per heavy atom. The van der Waals surface area contributed by atoms with E-state index in [1.54, 1.807) is 19.2 Å². The van der Waals surface area contributed by atoms with Crippen LogP contribution in [0.15, 0.2) is 66.7 Å². The van der Waals surface area contributed by atoms with Crippen LogP contribution in [0.1, 0.15) is 0 Å². The van der Waals surface area contributed by atoms with Crippen LogP contribution in [0.2, 0.25) is 0 Å². The molecule has 1 unspecified atom stereocenters. The van der Waals surface area contributed by atoms with Crippen LogP contribution in [0.3, 0.4) is 0 Å². The molecule has 0 radical (unpaired) electrons. The van der Waals surface area contributed by atoms with E-state index < -0.39 is 0 Å². The molecule has 144 valence electrons. The predicted molar refractivity (Wildman–Crippen MR) is 111 cm³/mol. The fourth-order valence-corrected chi connectivity index (χ4v) is 2.99. The van der Waals surface area contributed by atoms with Crippen LogP contribution >= 0.6 is 0 Å². The monoisotopic (exact) mass is 378 g/mol. The lowest BCUT2D eigenvalue weighted by atomic mass is 10.1. The lowest BCUT2D eigenvalue weighted by molar-refractivity contribution is -0.862. The zero-order valence-corrected chi connectivity index (χ0v) is 16.0. The first-order valence-electron chi connectivity index (χ1n) is 9.07. The fourth-order valence-electron chi connectivity index (χ4n) is 2.99. The van der Waals surface area contributed by atoms with Gasteiger partial charge >= 0.3 is 0 Å². The van der Waals surface area contributed by atoms with E-state index in [0.29, 0.717) is 11.4 Å². The Morgan fingerprint density at radius 2 is 1.46 bits per heavy atom. The van der Waals surface area contributed by atoms with Crippen LogP contribution < -0.4 is 20.3 Å². The van der Waals surface area contributed by atoms with Gasteiger partial charge in [0, 0.05) is 17.4 Å². The van der Waals surface area contributed by atoms with Gasteiger partial charge in [0.25, 0.3) is 11.8 Å². The van der Waals surface area contributed by atoms with Crippen molar-refractivity contribution in [2.45, 2.75) is 0 Å². The summed E-state index contributed by atoms with van der Waals surface area (Å²) in [6.45, 7) is 0.376. The molecule has 1 atom stereocenters. The van der Waals surface area contributed by atoms with Gasteiger partial charge in [-0.2, -0.15) is 0 Å². The van der Waals surface area contributed by atoms with Crippen LogP contribution in [0.4, 0.5) is 11.4 Å². The first-order chi connectivity index (χ1) is 13.5. The second kappa shape index (κ2) is 9.01. The lowest BCUT2D eigenvalue weighted by Gasteiger charge is -2.14. The van der Waals surface area contributed by atoms with Gasteiger partial charge in [0.1, 0.15) is 5.75 Å². The van der Waals surface area contributed by atoms with Crippen LogP contribution in [0.25, 0.3) is 10.8 Å². The summed E-state index contributed by atoms with van der Waals surface area (Å²) < 4.78 is 5.14. The number of rotatable bonds is 7. The molecule has 0 bridgehead atoms. The standard InChI is InChI=1S/C22H23N3O3/c1-25(14-21(26)23-18-8-5-9-20(13-18)28-2)15-22(27)24-19-11-10-16-6-3-4-7-17(16)12-19/h3-13H,14-15H2,1-2H3,(H,23,26)(H,24,27)/p+1. The first-order valence-corrected chi connectivity index (χ1v) is 9.07. The van der Waals surface area contributed by atoms with Gasteiger partial charge < -0.3 is 20.3 Å². The van der Waals surface area contributed by atoms with Gasteiger partial charge in [0.2, 0.25) is 0 Å². The zero-order valence-electron chi connectivity index (χ0n) is 16.0. The Hall–Kier alpha value is -3.38. The maximum Gasteiger partial charge on any atom is 0.279 e. The molecule has 3 aromatic rings. The fraction of sp³-hybridized carbons (Fsp3) is 0.182. The second-order valence-corrected chi connectivity index (χ2v) is 6.70. The summed E-state index contributed by atoms with van der Waals surface area (Å²) in [7, 11) is 3.39. The van der Waals surface area contributed by atoms with Crippen molar-refractivity contribution >= 4 is 34.0 Å². The van der Waals surface area contributed by atoms with Crippen LogP contribution in [-0.2, 0) is 9.59 Å². The highest BCUT2D eigenvalue weighted by Crippen LogP contribution is 2.18. The van der Waals surface area contributed by atoms with Crippen LogP contribution in [0, 0.1) is 0 Å². The summed E-state index contributed by atoms with van der Waals surface area (Å²) in [5, 5.41) is 7.90. The summed E-state index contributed by atoms with van der Waals surface area (Å²) in [6.07, 6.45) is 0. The number of carbonyl (C=O) groups excluding carboxylic acids is 2. The third-order valence-electron chi connectivity index (χ3n) is 4.31. The Morgan fingerprint density at radius 1 is 0.821 bits per heavy atom. The van der Waals surface area contributed by atoms with Gasteiger partial charge in [-0.15, -0.1) is 0 Å². The summed E-state index contributed by atoms with van der Waals surface area (Å²) in [5.74, 6) is 0.375. The highest BCUT2D eigenvalue weighted by atomic mass is 16.5. The Labute approximate surface area is 164 Å². The van der Waals surface area contributed by atoms with Gasteiger partial charge in [-0.1, -0.05) is 36.4 Å². The average Bonchev–Trinajstić information content (AvgIpc) is 2.67. The first kappa shape index (κ1) is 19.4. The quantitative estimate of drug-likeness (QED) is 0.588. The predicted octanol–water partition coefficient (Wildman–Crippen LogP) is 1.94. The van der Waals surface area contributed by atoms with Crippen molar-refractivity contribution in [3.05, 3.63) is 66.7 Å². The average molecular weight is 378 g/mol. The second-order valence-electron chi connectivity index (χ2n) is 6.70. The molecule has 3 aromatic carbocycles. The van der Waals surface area contributed by atoms with Crippen molar-refractivity contribution in [2.24, 2.45) is 0 Å². The Balaban J connectivity index is 1.50. The molecule has 0 saturated heterocycles. The van der Waals surface area contributed by atoms with E-state index in [2.05, 4.69) is 10.6 Å². The minimum absolute atomic E-state index is 0.137. The van der Waals surface area contributed by atoms with Gasteiger partial charge in [0.15, 0.2) is 13.1 Å². The van der Waals surface area contributed by atoms with Crippen molar-refractivity contribution in [2.75, 3.05) is 37.9 Å². The molecule has 6 nitrogen and oxygen atoms in total. The van der Waals surface area contributed by atoms with E-state index in [1.807, 2.05) is 61.6 Å².